The highest BCUT2D eigenvalue weighted by atomic mass is 79.9. The molecular formula is C17H16BrN5OS. The van der Waals surface area contributed by atoms with Crippen LogP contribution in [0.25, 0.3) is 5.69 Å². The molecule has 0 spiro atoms. The zero-order chi connectivity index (χ0) is 17.6. The molecule has 2 aromatic heterocycles. The van der Waals surface area contributed by atoms with Crippen molar-refractivity contribution in [2.45, 2.75) is 12.2 Å². The highest BCUT2D eigenvalue weighted by Crippen LogP contribution is 2.42. The van der Waals surface area contributed by atoms with Crippen molar-refractivity contribution in [3.8, 4) is 5.69 Å². The lowest BCUT2D eigenvalue weighted by atomic mass is 10.1. The van der Waals surface area contributed by atoms with E-state index in [0.29, 0.717) is 11.6 Å². The van der Waals surface area contributed by atoms with E-state index in [1.807, 2.05) is 53.7 Å². The first-order chi connectivity index (χ1) is 12.0. The number of rotatable bonds is 2. The average Bonchev–Trinajstić information content (AvgIpc) is 3.10. The number of anilines is 1. The molecule has 8 heteroatoms. The first-order valence-electron chi connectivity index (χ1n) is 7.77. The van der Waals surface area contributed by atoms with Crippen LogP contribution in [0.4, 0.5) is 5.82 Å². The number of carbonyl (C=O) groups excluding carboxylic acids is 1. The molecule has 3 aromatic rings. The van der Waals surface area contributed by atoms with Gasteiger partial charge in [0.25, 0.3) is 0 Å². The fourth-order valence-corrected chi connectivity index (χ4v) is 4.38. The van der Waals surface area contributed by atoms with E-state index in [1.54, 1.807) is 18.1 Å². The summed E-state index contributed by atoms with van der Waals surface area (Å²) < 4.78 is 4.91. The van der Waals surface area contributed by atoms with Crippen molar-refractivity contribution in [3.63, 3.8) is 0 Å². The van der Waals surface area contributed by atoms with Crippen molar-refractivity contribution in [2.24, 2.45) is 7.05 Å². The molecule has 1 N–H and O–H groups in total. The van der Waals surface area contributed by atoms with Gasteiger partial charge in [-0.15, -0.1) is 11.8 Å². The molecule has 1 atom stereocenters. The van der Waals surface area contributed by atoms with Crippen molar-refractivity contribution >= 4 is 39.4 Å². The van der Waals surface area contributed by atoms with Gasteiger partial charge in [0, 0.05) is 28.5 Å². The van der Waals surface area contributed by atoms with Crippen molar-refractivity contribution in [1.29, 1.82) is 0 Å². The van der Waals surface area contributed by atoms with Gasteiger partial charge in [-0.05, 0) is 31.2 Å². The summed E-state index contributed by atoms with van der Waals surface area (Å²) in [6, 6.07) is 8.04. The normalized spacial score (nSPS) is 17.1. The van der Waals surface area contributed by atoms with Gasteiger partial charge in [0.1, 0.15) is 6.33 Å². The number of hydrogen-bond donors (Lipinski definition) is 1. The molecule has 0 fully saturated rings. The molecule has 0 bridgehead atoms. The van der Waals surface area contributed by atoms with E-state index in [0.717, 1.165) is 27.1 Å². The largest absolute Gasteiger partial charge is 0.308 e. The highest BCUT2D eigenvalue weighted by molar-refractivity contribution is 9.10. The van der Waals surface area contributed by atoms with Crippen LogP contribution in [-0.4, -0.2) is 31.0 Å². The maximum Gasteiger partial charge on any atom is 0.235 e. The van der Waals surface area contributed by atoms with Gasteiger partial charge in [0.2, 0.25) is 5.91 Å². The molecule has 0 unspecified atom stereocenters. The third-order valence-corrected chi connectivity index (χ3v) is 6.12. The molecule has 1 aromatic carbocycles. The topological polar surface area (TPSA) is 64.7 Å². The molecule has 1 amide bonds. The van der Waals surface area contributed by atoms with E-state index >= 15 is 0 Å². The van der Waals surface area contributed by atoms with Crippen LogP contribution in [0.5, 0.6) is 0 Å². The highest BCUT2D eigenvalue weighted by Gasteiger charge is 2.31. The van der Waals surface area contributed by atoms with Gasteiger partial charge in [0.05, 0.1) is 22.9 Å². The first kappa shape index (κ1) is 16.4. The summed E-state index contributed by atoms with van der Waals surface area (Å²) in [5, 5.41) is 7.28. The number of thioether (sulfide) groups is 1. The molecule has 3 heterocycles. The fraction of sp³-hybridized carbons (Fsp3) is 0.235. The van der Waals surface area contributed by atoms with Crippen LogP contribution in [-0.2, 0) is 11.8 Å². The molecular weight excluding hydrogens is 402 g/mol. The molecule has 1 aliphatic heterocycles. The second-order valence-electron chi connectivity index (χ2n) is 5.87. The summed E-state index contributed by atoms with van der Waals surface area (Å²) in [5.74, 6) is 0.970. The Morgan fingerprint density at radius 1 is 1.32 bits per heavy atom. The quantitative estimate of drug-likeness (QED) is 0.693. The number of aryl methyl sites for hydroxylation is 1. The molecule has 0 radical (unpaired) electrons. The van der Waals surface area contributed by atoms with Crippen molar-refractivity contribution < 1.29 is 4.79 Å². The Kier molecular flexibility index (Phi) is 4.16. The maximum absolute atomic E-state index is 12.1. The van der Waals surface area contributed by atoms with E-state index in [9.17, 15) is 4.79 Å². The summed E-state index contributed by atoms with van der Waals surface area (Å²) in [6.07, 6.45) is 3.64. The molecule has 1 aliphatic rings. The number of benzene rings is 1. The van der Waals surface area contributed by atoms with Crippen LogP contribution in [0, 0.1) is 6.92 Å². The second kappa shape index (κ2) is 6.34. The zero-order valence-corrected chi connectivity index (χ0v) is 16.1. The predicted octanol–water partition coefficient (Wildman–Crippen LogP) is 3.45. The number of nitrogens with one attached hydrogen (secondary N) is 1. The minimum atomic E-state index is -0.0312. The van der Waals surface area contributed by atoms with E-state index in [4.69, 9.17) is 0 Å². The lowest BCUT2D eigenvalue weighted by molar-refractivity contribution is -0.113. The Balaban J connectivity index is 1.89. The second-order valence-corrected chi connectivity index (χ2v) is 7.88. The minimum absolute atomic E-state index is 0.0196. The van der Waals surface area contributed by atoms with Gasteiger partial charge >= 0.3 is 0 Å². The van der Waals surface area contributed by atoms with Gasteiger partial charge in [0.15, 0.2) is 5.82 Å². The molecule has 4 rings (SSSR count). The number of nitrogens with zero attached hydrogens (tertiary/aromatic N) is 4. The summed E-state index contributed by atoms with van der Waals surface area (Å²) in [7, 11) is 1.93. The van der Waals surface area contributed by atoms with Crippen LogP contribution in [0.3, 0.4) is 0 Å². The Morgan fingerprint density at radius 3 is 2.76 bits per heavy atom. The lowest BCUT2D eigenvalue weighted by Crippen LogP contribution is -2.12. The van der Waals surface area contributed by atoms with E-state index < -0.39 is 0 Å². The van der Waals surface area contributed by atoms with Crippen LogP contribution < -0.4 is 5.32 Å². The Labute approximate surface area is 157 Å². The SMILES string of the molecule is Cc1c([C@H]2SCC(=O)Nc3ncn(-c4ccc(Br)cc4)c32)cnn1C. The zero-order valence-electron chi connectivity index (χ0n) is 13.7. The van der Waals surface area contributed by atoms with Gasteiger partial charge in [-0.2, -0.15) is 5.10 Å². The first-order valence-corrected chi connectivity index (χ1v) is 9.62. The number of imidazole rings is 1. The summed E-state index contributed by atoms with van der Waals surface area (Å²) in [4.78, 5) is 16.6. The van der Waals surface area contributed by atoms with E-state index in [-0.39, 0.29) is 11.2 Å². The predicted molar refractivity (Wildman–Crippen MR) is 102 cm³/mol. The van der Waals surface area contributed by atoms with Gasteiger partial charge in [-0.3, -0.25) is 14.0 Å². The smallest absolute Gasteiger partial charge is 0.235 e. The third kappa shape index (κ3) is 2.89. The summed E-state index contributed by atoms with van der Waals surface area (Å²) in [5.41, 5.74) is 4.15. The number of halogens is 1. The molecule has 25 heavy (non-hydrogen) atoms. The fourth-order valence-electron chi connectivity index (χ4n) is 2.93. The number of aromatic nitrogens is 4. The monoisotopic (exact) mass is 417 g/mol. The Hall–Kier alpha value is -2.06. The number of carbonyl (C=O) groups is 1. The van der Waals surface area contributed by atoms with E-state index in [2.05, 4.69) is 31.3 Å². The van der Waals surface area contributed by atoms with Gasteiger partial charge in [-0.25, -0.2) is 4.98 Å². The summed E-state index contributed by atoms with van der Waals surface area (Å²) >= 11 is 5.06. The molecule has 128 valence electrons. The molecule has 0 aliphatic carbocycles. The van der Waals surface area contributed by atoms with Crippen LogP contribution in [0.15, 0.2) is 41.3 Å². The van der Waals surface area contributed by atoms with Crippen molar-refractivity contribution in [1.82, 2.24) is 19.3 Å². The van der Waals surface area contributed by atoms with Gasteiger partial charge in [-0.1, -0.05) is 15.9 Å². The van der Waals surface area contributed by atoms with Crippen molar-refractivity contribution in [3.05, 3.63) is 58.2 Å². The number of fused-ring (bicyclic) bond motifs is 1. The maximum atomic E-state index is 12.1. The Bertz CT molecular complexity index is 947. The number of hydrogen-bond acceptors (Lipinski definition) is 4. The third-order valence-electron chi connectivity index (χ3n) is 4.35. The minimum Gasteiger partial charge on any atom is -0.308 e. The van der Waals surface area contributed by atoms with Crippen LogP contribution in [0.1, 0.15) is 22.2 Å². The van der Waals surface area contributed by atoms with Crippen LogP contribution in [0.2, 0.25) is 0 Å². The van der Waals surface area contributed by atoms with Crippen molar-refractivity contribution in [2.75, 3.05) is 11.1 Å². The molecule has 0 saturated carbocycles. The standard InChI is InChI=1S/C17H16BrN5OS/c1-10-13(7-20-22(10)2)16-15-17(21-14(24)8-25-16)19-9-23(15)12-5-3-11(18)4-6-12/h3-7,9,16H,8H2,1-2H3,(H,21,24)/t16-/m1/s1. The lowest BCUT2D eigenvalue weighted by Gasteiger charge is -2.17. The molecule has 0 saturated heterocycles. The Morgan fingerprint density at radius 2 is 2.08 bits per heavy atom. The van der Waals surface area contributed by atoms with Gasteiger partial charge < -0.3 is 5.32 Å². The summed E-state index contributed by atoms with van der Waals surface area (Å²) in [6.45, 7) is 2.04. The van der Waals surface area contributed by atoms with Crippen LogP contribution >= 0.6 is 27.7 Å². The number of amides is 1. The average molecular weight is 418 g/mol. The molecule has 6 nitrogen and oxygen atoms in total. The van der Waals surface area contributed by atoms with E-state index in [1.165, 1.54) is 0 Å².